The largest absolute Gasteiger partial charge is 1.00 e. The number of hydrogen-bond donors (Lipinski definition) is 1. The van der Waals surface area contributed by atoms with Crippen LogP contribution in [0.2, 0.25) is 0 Å². The Balaban J connectivity index is 0.00000144. The summed E-state index contributed by atoms with van der Waals surface area (Å²) < 4.78 is 4.71. The van der Waals surface area contributed by atoms with Gasteiger partial charge in [-0.2, -0.15) is 0 Å². The van der Waals surface area contributed by atoms with Gasteiger partial charge in [-0.25, -0.2) is 4.79 Å². The van der Waals surface area contributed by atoms with Gasteiger partial charge in [0.25, 0.3) is 0 Å². The molecule has 0 radical (unpaired) electrons. The summed E-state index contributed by atoms with van der Waals surface area (Å²) in [6.45, 7) is 2.06. The minimum Gasteiger partial charge on any atom is -0.462 e. The standard InChI is InChI=1S/C8H9NO3.K/c1-2-12-8(11)6-3-4-7(10)9-5-6;/h3-5H,2H2,1H3,(H,9,10);/q;+1. The van der Waals surface area contributed by atoms with Crippen molar-refractivity contribution in [1.82, 2.24) is 4.98 Å². The molecule has 0 saturated heterocycles. The van der Waals surface area contributed by atoms with Crippen molar-refractivity contribution < 1.29 is 60.9 Å². The van der Waals surface area contributed by atoms with E-state index in [1.807, 2.05) is 0 Å². The Labute approximate surface area is 118 Å². The zero-order valence-electron chi connectivity index (χ0n) is 7.66. The predicted molar refractivity (Wildman–Crippen MR) is 43.0 cm³/mol. The summed E-state index contributed by atoms with van der Waals surface area (Å²) >= 11 is 0. The monoisotopic (exact) mass is 206 g/mol. The van der Waals surface area contributed by atoms with Crippen LogP contribution in [-0.2, 0) is 4.74 Å². The molecule has 1 aromatic rings. The molecule has 0 atom stereocenters. The van der Waals surface area contributed by atoms with E-state index in [9.17, 15) is 9.59 Å². The first-order chi connectivity index (χ1) is 5.74. The number of aromatic nitrogens is 1. The fourth-order valence-corrected chi connectivity index (χ4v) is 0.752. The third kappa shape index (κ3) is 4.19. The maximum Gasteiger partial charge on any atom is 1.00 e. The van der Waals surface area contributed by atoms with E-state index in [0.29, 0.717) is 12.2 Å². The molecule has 0 amide bonds. The van der Waals surface area contributed by atoms with Crippen LogP contribution in [0.4, 0.5) is 0 Å². The Morgan fingerprint density at radius 2 is 2.23 bits per heavy atom. The SMILES string of the molecule is CCOC(=O)c1ccc(=O)[nH]c1.[K+]. The maximum absolute atomic E-state index is 11.0. The summed E-state index contributed by atoms with van der Waals surface area (Å²) in [5, 5.41) is 0. The molecule has 5 heteroatoms. The van der Waals surface area contributed by atoms with Crippen LogP contribution < -0.4 is 56.9 Å². The first-order valence-electron chi connectivity index (χ1n) is 3.60. The van der Waals surface area contributed by atoms with E-state index >= 15 is 0 Å². The molecule has 0 aliphatic rings. The van der Waals surface area contributed by atoms with E-state index in [2.05, 4.69) is 4.98 Å². The molecule has 4 nitrogen and oxygen atoms in total. The molecule has 0 saturated carbocycles. The van der Waals surface area contributed by atoms with E-state index in [1.165, 1.54) is 18.3 Å². The van der Waals surface area contributed by atoms with Crippen molar-refractivity contribution in [2.45, 2.75) is 6.92 Å². The Morgan fingerprint density at radius 1 is 1.54 bits per heavy atom. The number of carbonyl (C=O) groups excluding carboxylic acids is 1. The average Bonchev–Trinajstić information content (AvgIpc) is 2.06. The van der Waals surface area contributed by atoms with E-state index < -0.39 is 5.97 Å². The second-order valence-electron chi connectivity index (χ2n) is 2.16. The van der Waals surface area contributed by atoms with Gasteiger partial charge >= 0.3 is 57.4 Å². The van der Waals surface area contributed by atoms with Crippen LogP contribution in [0.5, 0.6) is 0 Å². The van der Waals surface area contributed by atoms with Crippen LogP contribution in [-0.4, -0.2) is 17.6 Å². The molecule has 0 aliphatic carbocycles. The molecule has 0 aliphatic heterocycles. The molecule has 1 rings (SSSR count). The van der Waals surface area contributed by atoms with Gasteiger partial charge in [-0.3, -0.25) is 4.79 Å². The molecule has 1 aromatic heterocycles. The third-order valence-corrected chi connectivity index (χ3v) is 1.30. The van der Waals surface area contributed by atoms with E-state index in [-0.39, 0.29) is 56.9 Å². The van der Waals surface area contributed by atoms with Gasteiger partial charge in [0.1, 0.15) is 0 Å². The van der Waals surface area contributed by atoms with Crippen molar-refractivity contribution in [1.29, 1.82) is 0 Å². The van der Waals surface area contributed by atoms with Crippen LogP contribution >= 0.6 is 0 Å². The quantitative estimate of drug-likeness (QED) is 0.432. The number of pyridine rings is 1. The molecule has 0 bridgehead atoms. The molecule has 0 unspecified atom stereocenters. The molecular formula is C8H9KNO3+. The van der Waals surface area contributed by atoms with E-state index in [4.69, 9.17) is 4.74 Å². The molecule has 1 N–H and O–H groups in total. The maximum atomic E-state index is 11.0. The third-order valence-electron chi connectivity index (χ3n) is 1.30. The van der Waals surface area contributed by atoms with Crippen LogP contribution in [0.3, 0.4) is 0 Å². The topological polar surface area (TPSA) is 59.2 Å². The van der Waals surface area contributed by atoms with Crippen LogP contribution in [0.15, 0.2) is 23.1 Å². The minimum absolute atomic E-state index is 0. The Bertz CT molecular complexity index is 314. The Morgan fingerprint density at radius 3 is 2.69 bits per heavy atom. The average molecular weight is 206 g/mol. The summed E-state index contributed by atoms with van der Waals surface area (Å²) in [4.78, 5) is 24.0. The number of carbonyl (C=O) groups is 1. The van der Waals surface area contributed by atoms with E-state index in [1.54, 1.807) is 6.92 Å². The van der Waals surface area contributed by atoms with E-state index in [0.717, 1.165) is 0 Å². The van der Waals surface area contributed by atoms with Gasteiger partial charge in [-0.05, 0) is 13.0 Å². The first-order valence-corrected chi connectivity index (χ1v) is 3.60. The molecule has 0 aromatic carbocycles. The molecule has 0 spiro atoms. The molecule has 1 heterocycles. The van der Waals surface area contributed by atoms with Crippen molar-refractivity contribution in [2.75, 3.05) is 6.61 Å². The zero-order chi connectivity index (χ0) is 8.97. The van der Waals surface area contributed by atoms with Crippen molar-refractivity contribution in [3.8, 4) is 0 Å². The van der Waals surface area contributed by atoms with Gasteiger partial charge < -0.3 is 9.72 Å². The summed E-state index contributed by atoms with van der Waals surface area (Å²) in [5.41, 5.74) is 0.125. The number of nitrogens with one attached hydrogen (secondary N) is 1. The summed E-state index contributed by atoms with van der Waals surface area (Å²) in [6, 6.07) is 2.71. The summed E-state index contributed by atoms with van der Waals surface area (Å²) in [5.74, 6) is -0.422. The molecule has 0 fully saturated rings. The number of ether oxygens (including phenoxy) is 1. The minimum atomic E-state index is -0.422. The number of aromatic amines is 1. The molecule has 13 heavy (non-hydrogen) atoms. The summed E-state index contributed by atoms with van der Waals surface area (Å²) in [7, 11) is 0. The number of hydrogen-bond acceptors (Lipinski definition) is 3. The second-order valence-corrected chi connectivity index (χ2v) is 2.16. The van der Waals surface area contributed by atoms with Gasteiger partial charge in [0.05, 0.1) is 12.2 Å². The van der Waals surface area contributed by atoms with Crippen LogP contribution in [0.1, 0.15) is 17.3 Å². The zero-order valence-corrected chi connectivity index (χ0v) is 10.8. The second kappa shape index (κ2) is 6.50. The fourth-order valence-electron chi connectivity index (χ4n) is 0.752. The molecular weight excluding hydrogens is 197 g/mol. The Kier molecular flexibility index (Phi) is 6.53. The van der Waals surface area contributed by atoms with Crippen LogP contribution in [0, 0.1) is 0 Å². The van der Waals surface area contributed by atoms with Crippen molar-refractivity contribution >= 4 is 5.97 Å². The fraction of sp³-hybridized carbons (Fsp3) is 0.250. The normalized spacial score (nSPS) is 8.69. The number of rotatable bonds is 2. The smallest absolute Gasteiger partial charge is 0.462 e. The van der Waals surface area contributed by atoms with Crippen molar-refractivity contribution in [3.05, 3.63) is 34.2 Å². The first kappa shape index (κ1) is 13.1. The van der Waals surface area contributed by atoms with Gasteiger partial charge in [-0.15, -0.1) is 0 Å². The van der Waals surface area contributed by atoms with Crippen LogP contribution in [0.25, 0.3) is 0 Å². The van der Waals surface area contributed by atoms with Gasteiger partial charge in [-0.1, -0.05) is 0 Å². The molecule has 64 valence electrons. The summed E-state index contributed by atoms with van der Waals surface area (Å²) in [6.07, 6.45) is 1.33. The Hall–Kier alpha value is 0.0564. The predicted octanol–water partition coefficient (Wildman–Crippen LogP) is -2.44. The number of H-pyrrole nitrogens is 1. The van der Waals surface area contributed by atoms with Crippen molar-refractivity contribution in [3.63, 3.8) is 0 Å². The van der Waals surface area contributed by atoms with Crippen molar-refractivity contribution in [2.24, 2.45) is 0 Å². The van der Waals surface area contributed by atoms with Gasteiger partial charge in [0.15, 0.2) is 0 Å². The van der Waals surface area contributed by atoms with Gasteiger partial charge in [0, 0.05) is 12.3 Å². The van der Waals surface area contributed by atoms with Gasteiger partial charge in [0.2, 0.25) is 5.56 Å². The number of esters is 1.